The summed E-state index contributed by atoms with van der Waals surface area (Å²) in [4.78, 5) is 36.4. The van der Waals surface area contributed by atoms with Gasteiger partial charge in [0.15, 0.2) is 0 Å². The number of nitrogens with zero attached hydrogens (tertiary/aromatic N) is 1. The van der Waals surface area contributed by atoms with Crippen molar-refractivity contribution in [3.8, 4) is 0 Å². The van der Waals surface area contributed by atoms with Crippen molar-refractivity contribution in [1.82, 2.24) is 4.90 Å². The SMILES string of the molecule is O=C(O)c1occc1CN1C(=O)C2CCCC2C1=O. The number of carbonyl (C=O) groups excluding carboxylic acids is 2. The molecule has 2 heterocycles. The lowest BCUT2D eigenvalue weighted by Gasteiger charge is -2.14. The number of carbonyl (C=O) groups is 3. The maximum absolute atomic E-state index is 12.1. The summed E-state index contributed by atoms with van der Waals surface area (Å²) in [6, 6.07) is 1.48. The molecule has 1 aromatic rings. The Balaban J connectivity index is 1.84. The van der Waals surface area contributed by atoms with Crippen LogP contribution < -0.4 is 0 Å². The quantitative estimate of drug-likeness (QED) is 0.829. The van der Waals surface area contributed by atoms with Gasteiger partial charge in [-0.3, -0.25) is 14.5 Å². The first kappa shape index (κ1) is 12.0. The summed E-state index contributed by atoms with van der Waals surface area (Å²) in [7, 11) is 0. The normalized spacial score (nSPS) is 26.0. The Morgan fingerprint density at radius 2 is 1.95 bits per heavy atom. The van der Waals surface area contributed by atoms with Crippen molar-refractivity contribution in [2.75, 3.05) is 0 Å². The number of hydrogen-bond acceptors (Lipinski definition) is 4. The molecule has 1 aliphatic heterocycles. The second-order valence-corrected chi connectivity index (χ2v) is 4.99. The van der Waals surface area contributed by atoms with E-state index in [2.05, 4.69) is 0 Å². The van der Waals surface area contributed by atoms with E-state index in [0.29, 0.717) is 5.56 Å². The fourth-order valence-electron chi connectivity index (χ4n) is 3.03. The van der Waals surface area contributed by atoms with Crippen LogP contribution in [-0.2, 0) is 16.1 Å². The van der Waals surface area contributed by atoms with Gasteiger partial charge >= 0.3 is 5.97 Å². The van der Waals surface area contributed by atoms with Crippen LogP contribution in [0.4, 0.5) is 0 Å². The molecule has 6 heteroatoms. The van der Waals surface area contributed by atoms with Gasteiger partial charge in [0.05, 0.1) is 24.6 Å². The third-order valence-corrected chi connectivity index (χ3v) is 3.95. The zero-order valence-electron chi connectivity index (χ0n) is 10.2. The average molecular weight is 263 g/mol. The van der Waals surface area contributed by atoms with Gasteiger partial charge in [-0.2, -0.15) is 0 Å². The van der Waals surface area contributed by atoms with Crippen molar-refractivity contribution < 1.29 is 23.9 Å². The molecule has 2 amide bonds. The lowest BCUT2D eigenvalue weighted by atomic mass is 10.00. The Hall–Kier alpha value is -2.11. The highest BCUT2D eigenvalue weighted by molar-refractivity contribution is 6.05. The van der Waals surface area contributed by atoms with E-state index in [0.717, 1.165) is 19.3 Å². The Labute approximate surface area is 109 Å². The second kappa shape index (κ2) is 4.22. The monoisotopic (exact) mass is 263 g/mol. The maximum atomic E-state index is 12.1. The van der Waals surface area contributed by atoms with E-state index in [9.17, 15) is 14.4 Å². The van der Waals surface area contributed by atoms with Crippen molar-refractivity contribution in [2.45, 2.75) is 25.8 Å². The summed E-state index contributed by atoms with van der Waals surface area (Å²) >= 11 is 0. The van der Waals surface area contributed by atoms with E-state index >= 15 is 0 Å². The molecule has 1 saturated carbocycles. The molecule has 19 heavy (non-hydrogen) atoms. The van der Waals surface area contributed by atoms with Crippen molar-refractivity contribution in [3.05, 3.63) is 23.7 Å². The first-order chi connectivity index (χ1) is 9.09. The third-order valence-electron chi connectivity index (χ3n) is 3.95. The number of carboxylic acid groups (broad SMARTS) is 1. The number of aromatic carboxylic acids is 1. The minimum atomic E-state index is -1.20. The van der Waals surface area contributed by atoms with Crippen LogP contribution in [0, 0.1) is 11.8 Å². The van der Waals surface area contributed by atoms with Gasteiger partial charge in [-0.05, 0) is 18.9 Å². The molecule has 1 aliphatic carbocycles. The standard InChI is InChI=1S/C13H13NO5/c15-11-8-2-1-3-9(8)12(16)14(11)6-7-4-5-19-10(7)13(17)18/h4-5,8-9H,1-3,6H2,(H,17,18). The van der Waals surface area contributed by atoms with E-state index in [1.807, 2.05) is 0 Å². The van der Waals surface area contributed by atoms with Gasteiger partial charge in [0.25, 0.3) is 0 Å². The van der Waals surface area contributed by atoms with Crippen LogP contribution in [0.3, 0.4) is 0 Å². The number of likely N-dealkylation sites (tertiary alicyclic amines) is 1. The summed E-state index contributed by atoms with van der Waals surface area (Å²) in [6.45, 7) is -0.0111. The molecule has 0 aromatic carbocycles. The predicted molar refractivity (Wildman–Crippen MR) is 62.1 cm³/mol. The largest absolute Gasteiger partial charge is 0.475 e. The average Bonchev–Trinajstić information content (AvgIpc) is 3.05. The molecule has 2 unspecified atom stereocenters. The van der Waals surface area contributed by atoms with Crippen LogP contribution in [0.5, 0.6) is 0 Å². The Bertz CT molecular complexity index is 539. The molecule has 2 fully saturated rings. The number of hydrogen-bond donors (Lipinski definition) is 1. The fourth-order valence-corrected chi connectivity index (χ4v) is 3.03. The number of imide groups is 1. The highest BCUT2D eigenvalue weighted by Gasteiger charge is 2.49. The summed E-state index contributed by atoms with van der Waals surface area (Å²) in [5, 5.41) is 8.94. The van der Waals surface area contributed by atoms with Crippen LogP contribution >= 0.6 is 0 Å². The highest BCUT2D eigenvalue weighted by Crippen LogP contribution is 2.40. The highest BCUT2D eigenvalue weighted by atomic mass is 16.4. The molecule has 0 radical (unpaired) electrons. The molecule has 1 saturated heterocycles. The van der Waals surface area contributed by atoms with E-state index in [4.69, 9.17) is 9.52 Å². The zero-order chi connectivity index (χ0) is 13.6. The molecule has 6 nitrogen and oxygen atoms in total. The molecule has 3 rings (SSSR count). The molecule has 100 valence electrons. The lowest BCUT2D eigenvalue weighted by Crippen LogP contribution is -2.31. The number of amides is 2. The topological polar surface area (TPSA) is 87.8 Å². The van der Waals surface area contributed by atoms with Gasteiger partial charge in [0.2, 0.25) is 17.6 Å². The number of furan rings is 1. The number of rotatable bonds is 3. The Morgan fingerprint density at radius 3 is 2.53 bits per heavy atom. The summed E-state index contributed by atoms with van der Waals surface area (Å²) in [5.41, 5.74) is 0.356. The molecular formula is C13H13NO5. The minimum Gasteiger partial charge on any atom is -0.475 e. The first-order valence-corrected chi connectivity index (χ1v) is 6.24. The van der Waals surface area contributed by atoms with Crippen LogP contribution in [0.2, 0.25) is 0 Å². The predicted octanol–water partition coefficient (Wildman–Crippen LogP) is 1.26. The van der Waals surface area contributed by atoms with E-state index < -0.39 is 5.97 Å². The molecule has 1 aromatic heterocycles. The molecule has 0 bridgehead atoms. The van der Waals surface area contributed by atoms with Gasteiger partial charge in [-0.15, -0.1) is 0 Å². The zero-order valence-corrected chi connectivity index (χ0v) is 10.2. The summed E-state index contributed by atoms with van der Waals surface area (Å²) in [5.74, 6) is -2.16. The van der Waals surface area contributed by atoms with Crippen LogP contribution in [0.15, 0.2) is 16.7 Å². The van der Waals surface area contributed by atoms with Crippen molar-refractivity contribution >= 4 is 17.8 Å². The van der Waals surface area contributed by atoms with Gasteiger partial charge in [-0.25, -0.2) is 4.79 Å². The van der Waals surface area contributed by atoms with Crippen molar-refractivity contribution in [1.29, 1.82) is 0 Å². The minimum absolute atomic E-state index is 0.0111. The van der Waals surface area contributed by atoms with E-state index in [1.165, 1.54) is 17.2 Å². The van der Waals surface area contributed by atoms with Gasteiger partial charge < -0.3 is 9.52 Å². The first-order valence-electron chi connectivity index (χ1n) is 6.24. The molecule has 2 atom stereocenters. The van der Waals surface area contributed by atoms with Crippen molar-refractivity contribution in [2.24, 2.45) is 11.8 Å². The maximum Gasteiger partial charge on any atom is 0.372 e. The van der Waals surface area contributed by atoms with Gasteiger partial charge in [0.1, 0.15) is 0 Å². The Kier molecular flexibility index (Phi) is 2.66. The third kappa shape index (κ3) is 1.75. The van der Waals surface area contributed by atoms with Gasteiger partial charge in [-0.1, -0.05) is 6.42 Å². The van der Waals surface area contributed by atoms with E-state index in [-0.39, 0.29) is 36.0 Å². The Morgan fingerprint density at radius 1 is 1.32 bits per heavy atom. The summed E-state index contributed by atoms with van der Waals surface area (Å²) < 4.78 is 4.85. The number of carboxylic acids is 1. The van der Waals surface area contributed by atoms with Crippen LogP contribution in [0.1, 0.15) is 35.4 Å². The molecule has 1 N–H and O–H groups in total. The van der Waals surface area contributed by atoms with Crippen LogP contribution in [0.25, 0.3) is 0 Å². The second-order valence-electron chi connectivity index (χ2n) is 4.99. The lowest BCUT2D eigenvalue weighted by molar-refractivity contribution is -0.141. The number of fused-ring (bicyclic) bond motifs is 1. The smallest absolute Gasteiger partial charge is 0.372 e. The summed E-state index contributed by atoms with van der Waals surface area (Å²) in [6.07, 6.45) is 3.67. The molecule has 2 aliphatic rings. The fraction of sp³-hybridized carbons (Fsp3) is 0.462. The molecular weight excluding hydrogens is 250 g/mol. The molecule has 0 spiro atoms. The van der Waals surface area contributed by atoms with Crippen LogP contribution in [-0.4, -0.2) is 27.8 Å². The van der Waals surface area contributed by atoms with Crippen molar-refractivity contribution in [3.63, 3.8) is 0 Å². The van der Waals surface area contributed by atoms with E-state index in [1.54, 1.807) is 0 Å². The van der Waals surface area contributed by atoms with Gasteiger partial charge in [0, 0.05) is 5.56 Å².